The van der Waals surface area contributed by atoms with Crippen LogP contribution in [0.4, 0.5) is 0 Å². The van der Waals surface area contributed by atoms with Gasteiger partial charge in [0.1, 0.15) is 0 Å². The van der Waals surface area contributed by atoms with Crippen LogP contribution in [0.15, 0.2) is 0 Å². The Morgan fingerprint density at radius 3 is 1.27 bits per heavy atom. The van der Waals surface area contributed by atoms with Gasteiger partial charge in [-0.1, -0.05) is 90.9 Å². The SMILES string of the molecule is CCCCC(O)CCCCCCCCCCCCC(O)CC. The standard InChI is InChI=1S/C20H42O2/c1-3-5-16-20(22)18-15-13-11-9-7-6-8-10-12-14-17-19(21)4-2/h19-22H,3-18H2,1-2H3. The summed E-state index contributed by atoms with van der Waals surface area (Å²) in [5, 5.41) is 19.2. The molecule has 0 bridgehead atoms. The van der Waals surface area contributed by atoms with Crippen molar-refractivity contribution in [1.82, 2.24) is 0 Å². The Kier molecular flexibility index (Phi) is 17.2. The first kappa shape index (κ1) is 21.9. The van der Waals surface area contributed by atoms with Crippen molar-refractivity contribution in [3.63, 3.8) is 0 Å². The first-order chi connectivity index (χ1) is 10.7. The summed E-state index contributed by atoms with van der Waals surface area (Å²) >= 11 is 0. The zero-order valence-corrected chi connectivity index (χ0v) is 15.4. The van der Waals surface area contributed by atoms with E-state index in [1.807, 2.05) is 0 Å². The quantitative estimate of drug-likeness (QED) is 0.324. The normalized spacial score (nSPS) is 14.2. The monoisotopic (exact) mass is 314 g/mol. The molecule has 2 N–H and O–H groups in total. The van der Waals surface area contributed by atoms with Gasteiger partial charge >= 0.3 is 0 Å². The maximum atomic E-state index is 9.76. The van der Waals surface area contributed by atoms with Crippen LogP contribution in [0.5, 0.6) is 0 Å². The molecule has 0 aliphatic carbocycles. The van der Waals surface area contributed by atoms with Crippen molar-refractivity contribution < 1.29 is 10.2 Å². The Morgan fingerprint density at radius 1 is 0.500 bits per heavy atom. The van der Waals surface area contributed by atoms with Gasteiger partial charge in [0.05, 0.1) is 12.2 Å². The molecular weight excluding hydrogens is 272 g/mol. The summed E-state index contributed by atoms with van der Waals surface area (Å²) in [4.78, 5) is 0. The lowest BCUT2D eigenvalue weighted by molar-refractivity contribution is 0.148. The van der Waals surface area contributed by atoms with Crippen LogP contribution in [-0.2, 0) is 0 Å². The van der Waals surface area contributed by atoms with Crippen molar-refractivity contribution in [1.29, 1.82) is 0 Å². The Bertz CT molecular complexity index is 206. The topological polar surface area (TPSA) is 40.5 Å². The number of aliphatic hydroxyl groups is 2. The van der Waals surface area contributed by atoms with E-state index < -0.39 is 0 Å². The third-order valence-electron chi connectivity index (χ3n) is 4.69. The van der Waals surface area contributed by atoms with E-state index in [0.717, 1.165) is 25.7 Å². The average molecular weight is 315 g/mol. The molecule has 2 unspecified atom stereocenters. The summed E-state index contributed by atoms with van der Waals surface area (Å²) in [5.74, 6) is 0. The summed E-state index contributed by atoms with van der Waals surface area (Å²) in [6.07, 6.45) is 19.2. The molecule has 0 aromatic carbocycles. The second-order valence-corrected chi connectivity index (χ2v) is 6.97. The minimum atomic E-state index is -0.0690. The highest BCUT2D eigenvalue weighted by Gasteiger charge is 2.02. The van der Waals surface area contributed by atoms with Gasteiger partial charge in [-0.15, -0.1) is 0 Å². The molecule has 0 aromatic rings. The lowest BCUT2D eigenvalue weighted by Crippen LogP contribution is -2.05. The highest BCUT2D eigenvalue weighted by Crippen LogP contribution is 2.14. The predicted molar refractivity (Wildman–Crippen MR) is 97.2 cm³/mol. The molecule has 0 spiro atoms. The third-order valence-corrected chi connectivity index (χ3v) is 4.69. The van der Waals surface area contributed by atoms with Crippen LogP contribution >= 0.6 is 0 Å². The second-order valence-electron chi connectivity index (χ2n) is 6.97. The van der Waals surface area contributed by atoms with E-state index in [1.165, 1.54) is 77.0 Å². The summed E-state index contributed by atoms with van der Waals surface area (Å²) in [5.41, 5.74) is 0. The molecule has 2 atom stereocenters. The number of hydrogen-bond acceptors (Lipinski definition) is 2. The minimum Gasteiger partial charge on any atom is -0.393 e. The van der Waals surface area contributed by atoms with E-state index in [1.54, 1.807) is 0 Å². The molecule has 22 heavy (non-hydrogen) atoms. The van der Waals surface area contributed by atoms with Gasteiger partial charge in [-0.2, -0.15) is 0 Å². The first-order valence-electron chi connectivity index (χ1n) is 10.1. The predicted octanol–water partition coefficient (Wildman–Crippen LogP) is 5.99. The van der Waals surface area contributed by atoms with Crippen LogP contribution < -0.4 is 0 Å². The van der Waals surface area contributed by atoms with Crippen LogP contribution in [0, 0.1) is 0 Å². The number of aliphatic hydroxyl groups excluding tert-OH is 2. The van der Waals surface area contributed by atoms with E-state index in [2.05, 4.69) is 13.8 Å². The third kappa shape index (κ3) is 16.3. The highest BCUT2D eigenvalue weighted by molar-refractivity contribution is 4.57. The van der Waals surface area contributed by atoms with Crippen molar-refractivity contribution in [2.45, 2.75) is 129 Å². The van der Waals surface area contributed by atoms with Gasteiger partial charge in [0.15, 0.2) is 0 Å². The zero-order chi connectivity index (χ0) is 16.5. The summed E-state index contributed by atoms with van der Waals surface area (Å²) in [6, 6.07) is 0. The lowest BCUT2D eigenvalue weighted by atomic mass is 10.0. The lowest BCUT2D eigenvalue weighted by Gasteiger charge is -2.09. The molecule has 2 nitrogen and oxygen atoms in total. The molecule has 0 amide bonds. The van der Waals surface area contributed by atoms with Crippen LogP contribution in [-0.4, -0.2) is 22.4 Å². The highest BCUT2D eigenvalue weighted by atomic mass is 16.3. The smallest absolute Gasteiger partial charge is 0.0540 e. The molecule has 0 radical (unpaired) electrons. The maximum absolute atomic E-state index is 9.76. The Morgan fingerprint density at radius 2 is 0.864 bits per heavy atom. The molecule has 0 aliphatic heterocycles. The van der Waals surface area contributed by atoms with Crippen LogP contribution in [0.3, 0.4) is 0 Å². The number of unbranched alkanes of at least 4 members (excludes halogenated alkanes) is 10. The molecule has 2 heteroatoms. The number of hydrogen-bond donors (Lipinski definition) is 2. The summed E-state index contributed by atoms with van der Waals surface area (Å²) in [7, 11) is 0. The molecule has 0 saturated carbocycles. The van der Waals surface area contributed by atoms with Gasteiger partial charge < -0.3 is 10.2 Å². The first-order valence-corrected chi connectivity index (χ1v) is 10.1. The fourth-order valence-electron chi connectivity index (χ4n) is 2.96. The van der Waals surface area contributed by atoms with Crippen molar-refractivity contribution in [3.8, 4) is 0 Å². The maximum Gasteiger partial charge on any atom is 0.0540 e. The molecule has 134 valence electrons. The Balaban J connectivity index is 3.08. The Labute approximate surface area is 139 Å². The molecule has 0 aliphatic rings. The number of rotatable bonds is 17. The molecule has 0 fully saturated rings. The van der Waals surface area contributed by atoms with Crippen molar-refractivity contribution >= 4 is 0 Å². The van der Waals surface area contributed by atoms with Gasteiger partial charge in [-0.3, -0.25) is 0 Å². The summed E-state index contributed by atoms with van der Waals surface area (Å²) < 4.78 is 0. The van der Waals surface area contributed by atoms with Crippen molar-refractivity contribution in [3.05, 3.63) is 0 Å². The van der Waals surface area contributed by atoms with Crippen LogP contribution in [0.2, 0.25) is 0 Å². The molecule has 0 heterocycles. The minimum absolute atomic E-state index is 0.0498. The fraction of sp³-hybridized carbons (Fsp3) is 1.00. The molecule has 0 rings (SSSR count). The van der Waals surface area contributed by atoms with Gasteiger partial charge in [0.25, 0.3) is 0 Å². The van der Waals surface area contributed by atoms with Gasteiger partial charge in [-0.25, -0.2) is 0 Å². The second kappa shape index (κ2) is 17.3. The van der Waals surface area contributed by atoms with Crippen molar-refractivity contribution in [2.24, 2.45) is 0 Å². The van der Waals surface area contributed by atoms with Crippen molar-refractivity contribution in [2.75, 3.05) is 0 Å². The molecule has 0 aromatic heterocycles. The van der Waals surface area contributed by atoms with E-state index in [4.69, 9.17) is 0 Å². The van der Waals surface area contributed by atoms with E-state index in [9.17, 15) is 10.2 Å². The largest absolute Gasteiger partial charge is 0.393 e. The molecule has 0 saturated heterocycles. The molecular formula is C20H42O2. The van der Waals surface area contributed by atoms with E-state index in [-0.39, 0.29) is 12.2 Å². The average Bonchev–Trinajstić information content (AvgIpc) is 2.53. The van der Waals surface area contributed by atoms with Crippen LogP contribution in [0.1, 0.15) is 117 Å². The zero-order valence-electron chi connectivity index (χ0n) is 15.4. The van der Waals surface area contributed by atoms with Gasteiger partial charge in [0, 0.05) is 0 Å². The fourth-order valence-corrected chi connectivity index (χ4v) is 2.96. The van der Waals surface area contributed by atoms with Crippen LogP contribution in [0.25, 0.3) is 0 Å². The van der Waals surface area contributed by atoms with E-state index in [0.29, 0.717) is 0 Å². The van der Waals surface area contributed by atoms with Gasteiger partial charge in [-0.05, 0) is 25.7 Å². The summed E-state index contributed by atoms with van der Waals surface area (Å²) in [6.45, 7) is 4.23. The Hall–Kier alpha value is -0.0800. The van der Waals surface area contributed by atoms with E-state index >= 15 is 0 Å². The van der Waals surface area contributed by atoms with Gasteiger partial charge in [0.2, 0.25) is 0 Å².